The van der Waals surface area contributed by atoms with Crippen molar-refractivity contribution < 1.29 is 0 Å². The lowest BCUT2D eigenvalue weighted by atomic mass is 10.1. The predicted octanol–water partition coefficient (Wildman–Crippen LogP) is 15.5. The van der Waals surface area contributed by atoms with Crippen molar-refractivity contribution in [1.82, 2.24) is 18.3 Å². The Hall–Kier alpha value is -9.94. The molecule has 4 aromatic heterocycles. The van der Waals surface area contributed by atoms with Gasteiger partial charge in [0, 0.05) is 65.8 Å². The highest BCUT2D eigenvalue weighted by Gasteiger charge is 2.42. The van der Waals surface area contributed by atoms with Gasteiger partial charge < -0.3 is 18.3 Å². The minimum Gasteiger partial charge on any atom is -0.309 e. The molecule has 0 aliphatic heterocycles. The lowest BCUT2D eigenvalue weighted by molar-refractivity contribution is 1.16. The number of hydrogen-bond donors (Lipinski definition) is 0. The molecule has 4 heterocycles. The van der Waals surface area contributed by atoms with Crippen molar-refractivity contribution >= 4 is 116 Å². The second-order valence-electron chi connectivity index (χ2n) is 20.4. The molecule has 0 radical (unpaired) electrons. The second-order valence-corrected chi connectivity index (χ2v) is 24.2. The van der Waals surface area contributed by atoms with Crippen LogP contribution in [-0.2, 0) is 0 Å². The molecule has 12 aromatic carbocycles. The molecule has 4 nitrogen and oxygen atoms in total. The van der Waals surface area contributed by atoms with E-state index >= 15 is 0 Å². The van der Waals surface area contributed by atoms with Crippen LogP contribution in [0.4, 0.5) is 0 Å². The Morgan fingerprint density at radius 2 is 0.545 bits per heavy atom. The molecule has 16 aromatic rings. The summed E-state index contributed by atoms with van der Waals surface area (Å²) >= 11 is 0. The van der Waals surface area contributed by atoms with Gasteiger partial charge in [-0.3, -0.25) is 0 Å². The van der Waals surface area contributed by atoms with Gasteiger partial charge in [-0.05, 0) is 112 Å². The number of fused-ring (bicyclic) bond motifs is 13. The molecule has 0 aliphatic rings. The maximum Gasteiger partial charge on any atom is 0.179 e. The molecule has 0 N–H and O–H groups in total. The van der Waals surface area contributed by atoms with Gasteiger partial charge in [0.15, 0.2) is 8.07 Å². The van der Waals surface area contributed by atoms with Crippen LogP contribution in [0.1, 0.15) is 0 Å². The van der Waals surface area contributed by atoms with Crippen molar-refractivity contribution in [1.29, 1.82) is 0 Å². The van der Waals surface area contributed by atoms with Gasteiger partial charge in [-0.1, -0.05) is 200 Å². The zero-order chi connectivity index (χ0) is 50.6. The van der Waals surface area contributed by atoms with E-state index in [-0.39, 0.29) is 0 Å². The fourth-order valence-corrected chi connectivity index (χ4v) is 18.1. The molecule has 360 valence electrons. The molecule has 0 spiro atoms. The minimum absolute atomic E-state index is 1.12. The monoisotopic (exact) mass is 996 g/mol. The highest BCUT2D eigenvalue weighted by atomic mass is 28.3. The maximum atomic E-state index is 2.59. The van der Waals surface area contributed by atoms with Gasteiger partial charge >= 0.3 is 0 Å². The maximum absolute atomic E-state index is 2.95. The Morgan fingerprint density at radius 1 is 0.195 bits per heavy atom. The largest absolute Gasteiger partial charge is 0.309 e. The van der Waals surface area contributed by atoms with E-state index in [0.29, 0.717) is 0 Å². The average Bonchev–Trinajstić information content (AvgIpc) is 4.33. The molecule has 0 saturated heterocycles. The zero-order valence-electron chi connectivity index (χ0n) is 42.0. The van der Waals surface area contributed by atoms with Crippen LogP contribution in [0.3, 0.4) is 0 Å². The summed E-state index contributed by atoms with van der Waals surface area (Å²) in [5, 5.41) is 15.2. The van der Waals surface area contributed by atoms with Crippen LogP contribution in [0.15, 0.2) is 291 Å². The third kappa shape index (κ3) is 6.32. The third-order valence-electron chi connectivity index (χ3n) is 16.5. The van der Waals surface area contributed by atoms with Crippen molar-refractivity contribution in [2.24, 2.45) is 0 Å². The van der Waals surface area contributed by atoms with Gasteiger partial charge in [0.1, 0.15) is 0 Å². The van der Waals surface area contributed by atoms with Gasteiger partial charge in [-0.25, -0.2) is 0 Å². The quantitative estimate of drug-likeness (QED) is 0.107. The first-order chi connectivity index (χ1) is 38.2. The number of rotatable bonds is 8. The summed E-state index contributed by atoms with van der Waals surface area (Å²) < 4.78 is 9.91. The van der Waals surface area contributed by atoms with Crippen molar-refractivity contribution in [3.8, 4) is 22.7 Å². The van der Waals surface area contributed by atoms with E-state index in [1.807, 2.05) is 0 Å². The van der Waals surface area contributed by atoms with E-state index in [0.717, 1.165) is 33.8 Å². The smallest absolute Gasteiger partial charge is 0.179 e. The van der Waals surface area contributed by atoms with Crippen LogP contribution in [0.2, 0.25) is 0 Å². The molecule has 77 heavy (non-hydrogen) atoms. The van der Waals surface area contributed by atoms with Crippen molar-refractivity contribution in [2.75, 3.05) is 0 Å². The van der Waals surface area contributed by atoms with Crippen molar-refractivity contribution in [3.05, 3.63) is 291 Å². The summed E-state index contributed by atoms with van der Waals surface area (Å²) in [7, 11) is -2.95. The normalized spacial score (nSPS) is 12.2. The highest BCUT2D eigenvalue weighted by Crippen LogP contribution is 2.44. The average molecular weight is 997 g/mol. The van der Waals surface area contributed by atoms with Crippen LogP contribution < -0.4 is 20.7 Å². The third-order valence-corrected chi connectivity index (χ3v) is 21.2. The van der Waals surface area contributed by atoms with E-state index in [9.17, 15) is 0 Å². The van der Waals surface area contributed by atoms with Crippen molar-refractivity contribution in [2.45, 2.75) is 0 Å². The first-order valence-corrected chi connectivity index (χ1v) is 28.6. The minimum atomic E-state index is -2.95. The molecule has 0 fully saturated rings. The van der Waals surface area contributed by atoms with Gasteiger partial charge in [0.25, 0.3) is 0 Å². The molecule has 0 unspecified atom stereocenters. The standard InChI is InChI=1S/C72H48N4Si/c1-6-22-49(23-7-1)73-64-35-19-17-33-58(64)61-46-51(38-42-67(61)73)75-69-44-40-56(77(53-26-10-3-11-27-53,54-28-12-4-13-29-54)55-30-14-5-15-31-55)48-63(69)71-70(75)45-41-60-57-32-16-21-37-66(57)76(72(60)71)52-39-43-68-62(47-52)59-34-18-20-36-65(59)74(68)50-24-8-2-9-25-50/h1-48H. The van der Waals surface area contributed by atoms with E-state index in [1.165, 1.54) is 96.9 Å². The van der Waals surface area contributed by atoms with E-state index in [2.05, 4.69) is 309 Å². The summed E-state index contributed by atoms with van der Waals surface area (Å²) in [5.74, 6) is 0. The molecule has 0 atom stereocenters. The highest BCUT2D eigenvalue weighted by molar-refractivity contribution is 7.20. The zero-order valence-corrected chi connectivity index (χ0v) is 43.0. The Balaban J connectivity index is 1.05. The number of para-hydroxylation sites is 5. The van der Waals surface area contributed by atoms with E-state index in [1.54, 1.807) is 0 Å². The molecular weight excluding hydrogens is 949 g/mol. The first-order valence-electron chi connectivity index (χ1n) is 26.6. The molecule has 0 amide bonds. The Labute approximate surface area is 445 Å². The molecule has 16 rings (SSSR count). The lowest BCUT2D eigenvalue weighted by Crippen LogP contribution is -2.74. The lowest BCUT2D eigenvalue weighted by Gasteiger charge is -2.34. The van der Waals surface area contributed by atoms with Gasteiger partial charge in [0.2, 0.25) is 0 Å². The topological polar surface area (TPSA) is 19.7 Å². The summed E-state index contributed by atoms with van der Waals surface area (Å²) in [6.07, 6.45) is 0. The number of hydrogen-bond acceptors (Lipinski definition) is 0. The van der Waals surface area contributed by atoms with Crippen LogP contribution in [0.5, 0.6) is 0 Å². The van der Waals surface area contributed by atoms with Crippen LogP contribution in [-0.4, -0.2) is 26.3 Å². The summed E-state index contributed by atoms with van der Waals surface area (Å²) in [6, 6.07) is 109. The second kappa shape index (κ2) is 17.0. The van der Waals surface area contributed by atoms with Crippen molar-refractivity contribution in [3.63, 3.8) is 0 Å². The summed E-state index contributed by atoms with van der Waals surface area (Å²) in [6.45, 7) is 0. The first kappa shape index (κ1) is 43.5. The summed E-state index contributed by atoms with van der Waals surface area (Å²) in [4.78, 5) is 0. The molecule has 0 aliphatic carbocycles. The number of benzene rings is 12. The molecule has 0 bridgehead atoms. The SMILES string of the molecule is c1ccc(-n2c3ccccc3c3cc(-n4c5ccc([Si](c6ccccc6)(c6ccccc6)c6ccccc6)cc5c5c4ccc4c6ccccc6n(-c6ccc7c(c6)c6ccccc6n7-c6ccccc6)c45)ccc32)cc1. The fraction of sp³-hybridized carbons (Fsp3) is 0. The Morgan fingerprint density at radius 3 is 1.04 bits per heavy atom. The molecular formula is C72H48N4Si. The molecule has 5 heteroatoms. The Kier molecular flexibility index (Phi) is 9.62. The fourth-order valence-electron chi connectivity index (χ4n) is 13.3. The summed E-state index contributed by atoms with van der Waals surface area (Å²) in [5.41, 5.74) is 14.0. The van der Waals surface area contributed by atoms with E-state index < -0.39 is 8.07 Å². The number of aromatic nitrogens is 4. The molecule has 0 saturated carbocycles. The van der Waals surface area contributed by atoms with Crippen LogP contribution >= 0.6 is 0 Å². The number of nitrogens with zero attached hydrogens (tertiary/aromatic N) is 4. The van der Waals surface area contributed by atoms with Gasteiger partial charge in [-0.2, -0.15) is 0 Å². The van der Waals surface area contributed by atoms with E-state index in [4.69, 9.17) is 0 Å². The predicted molar refractivity (Wildman–Crippen MR) is 327 cm³/mol. The van der Waals surface area contributed by atoms with Crippen LogP contribution in [0, 0.1) is 0 Å². The van der Waals surface area contributed by atoms with Crippen LogP contribution in [0.25, 0.3) is 110 Å². The Bertz CT molecular complexity index is 4860. The van der Waals surface area contributed by atoms with Gasteiger partial charge in [0.05, 0.1) is 44.1 Å². The van der Waals surface area contributed by atoms with Gasteiger partial charge in [-0.15, -0.1) is 0 Å².